The van der Waals surface area contributed by atoms with Crippen molar-refractivity contribution >= 4 is 17.9 Å². The monoisotopic (exact) mass is 911 g/mol. The Bertz CT molecular complexity index is 1460. The largest absolute Gasteiger partial charge is 0.462 e. The first kappa shape index (κ1) is 61.5. The van der Waals surface area contributed by atoms with Crippen molar-refractivity contribution in [1.82, 2.24) is 0 Å². The lowest BCUT2D eigenvalue weighted by Crippen LogP contribution is -2.30. The highest BCUT2D eigenvalue weighted by Crippen LogP contribution is 2.12. The van der Waals surface area contributed by atoms with E-state index in [2.05, 4.69) is 154 Å². The maximum Gasteiger partial charge on any atom is 0.306 e. The maximum atomic E-state index is 12.7. The van der Waals surface area contributed by atoms with Crippen molar-refractivity contribution in [1.29, 1.82) is 0 Å². The third-order valence-electron chi connectivity index (χ3n) is 10.4. The third kappa shape index (κ3) is 50.5. The van der Waals surface area contributed by atoms with E-state index in [0.29, 0.717) is 19.3 Å². The second-order valence-electron chi connectivity index (χ2n) is 16.7. The number of allylic oxidation sites excluding steroid dienone is 22. The van der Waals surface area contributed by atoms with E-state index in [4.69, 9.17) is 14.2 Å². The fourth-order valence-corrected chi connectivity index (χ4v) is 6.53. The molecule has 0 heterocycles. The molecule has 1 unspecified atom stereocenters. The number of hydrogen-bond donors (Lipinski definition) is 0. The van der Waals surface area contributed by atoms with Crippen LogP contribution in [0.2, 0.25) is 0 Å². The summed E-state index contributed by atoms with van der Waals surface area (Å²) in [6.45, 7) is 6.29. The van der Waals surface area contributed by atoms with Gasteiger partial charge in [-0.1, -0.05) is 206 Å². The van der Waals surface area contributed by atoms with Crippen molar-refractivity contribution in [2.75, 3.05) is 13.2 Å². The fraction of sp³-hybridized carbons (Fsp3) is 0.583. The summed E-state index contributed by atoms with van der Waals surface area (Å²) >= 11 is 0. The number of carbonyl (C=O) groups excluding carboxylic acids is 3. The Balaban J connectivity index is 4.37. The van der Waals surface area contributed by atoms with Crippen LogP contribution in [-0.4, -0.2) is 37.2 Å². The smallest absolute Gasteiger partial charge is 0.306 e. The maximum absolute atomic E-state index is 12.7. The van der Waals surface area contributed by atoms with Crippen LogP contribution >= 0.6 is 0 Å². The Labute approximate surface area is 405 Å². The van der Waals surface area contributed by atoms with Gasteiger partial charge >= 0.3 is 17.9 Å². The molecule has 0 amide bonds. The van der Waals surface area contributed by atoms with Gasteiger partial charge in [0.1, 0.15) is 13.2 Å². The summed E-state index contributed by atoms with van der Waals surface area (Å²) in [5.41, 5.74) is 0. The number of hydrogen-bond acceptors (Lipinski definition) is 6. The molecule has 0 aromatic rings. The van der Waals surface area contributed by atoms with Crippen molar-refractivity contribution < 1.29 is 28.6 Å². The standard InChI is InChI=1S/C60H94O6/c1-4-7-10-13-16-19-21-23-24-25-26-27-28-29-30-31-32-33-34-35-36-38-39-41-44-47-50-53-59(62)65-56-57(55-64-58(61)52-49-46-43-18-15-12-9-6-3)66-60(63)54-51-48-45-42-40-37-22-20-17-14-11-8-5-2/h7-8,10-11,16-17,19-20,23-24,26-27,29-30,32-33,35-37,39-41,57H,4-6,9,12-15,18,21-22,25,28,31,34,38,42-56H2,1-3H3/b10-7-,11-8-,19-16-,20-17-,24-23-,27-26-,30-29-,33-32-,36-35-,40-37-,41-39-. The number of esters is 3. The Morgan fingerprint density at radius 2 is 0.591 bits per heavy atom. The topological polar surface area (TPSA) is 78.9 Å². The molecule has 0 N–H and O–H groups in total. The van der Waals surface area contributed by atoms with Crippen molar-refractivity contribution in [3.8, 4) is 0 Å². The Hall–Kier alpha value is -4.45. The summed E-state index contributed by atoms with van der Waals surface area (Å²) < 4.78 is 16.7. The number of unbranched alkanes of at least 4 members (excludes halogenated alkanes) is 12. The first-order valence-electron chi connectivity index (χ1n) is 26.2. The molecule has 0 fully saturated rings. The molecule has 0 aromatic carbocycles. The van der Waals surface area contributed by atoms with Gasteiger partial charge in [-0.25, -0.2) is 0 Å². The summed E-state index contributed by atoms with van der Waals surface area (Å²) in [7, 11) is 0. The zero-order chi connectivity index (χ0) is 47.9. The van der Waals surface area contributed by atoms with Crippen molar-refractivity contribution in [2.24, 2.45) is 0 Å². The molecule has 0 bridgehead atoms. The summed E-state index contributed by atoms with van der Waals surface area (Å²) in [6, 6.07) is 0. The van der Waals surface area contributed by atoms with Crippen LogP contribution in [0.25, 0.3) is 0 Å². The van der Waals surface area contributed by atoms with Crippen LogP contribution in [0.15, 0.2) is 134 Å². The highest BCUT2D eigenvalue weighted by molar-refractivity contribution is 5.71. The molecular weight excluding hydrogens is 817 g/mol. The molecule has 1 atom stereocenters. The predicted molar refractivity (Wildman–Crippen MR) is 283 cm³/mol. The molecule has 0 aliphatic carbocycles. The summed E-state index contributed by atoms with van der Waals surface area (Å²) in [6.07, 6.45) is 74.6. The van der Waals surface area contributed by atoms with E-state index in [1.54, 1.807) is 0 Å². The van der Waals surface area contributed by atoms with Crippen LogP contribution in [0.3, 0.4) is 0 Å². The average Bonchev–Trinajstić information content (AvgIpc) is 3.31. The Kier molecular flexibility index (Phi) is 49.6. The molecule has 370 valence electrons. The average molecular weight is 911 g/mol. The third-order valence-corrected chi connectivity index (χ3v) is 10.4. The number of ether oxygens (including phenoxy) is 3. The highest BCUT2D eigenvalue weighted by atomic mass is 16.6. The van der Waals surface area contributed by atoms with Crippen LogP contribution < -0.4 is 0 Å². The van der Waals surface area contributed by atoms with Crippen molar-refractivity contribution in [3.05, 3.63) is 134 Å². The lowest BCUT2D eigenvalue weighted by molar-refractivity contribution is -0.167. The van der Waals surface area contributed by atoms with E-state index in [1.165, 1.54) is 32.1 Å². The minimum absolute atomic E-state index is 0.108. The van der Waals surface area contributed by atoms with E-state index in [9.17, 15) is 14.4 Å². The fourth-order valence-electron chi connectivity index (χ4n) is 6.53. The number of carbonyl (C=O) groups is 3. The van der Waals surface area contributed by atoms with Crippen LogP contribution in [0.5, 0.6) is 0 Å². The molecule has 0 rings (SSSR count). The Morgan fingerprint density at radius 3 is 0.955 bits per heavy atom. The van der Waals surface area contributed by atoms with Crippen LogP contribution in [-0.2, 0) is 28.6 Å². The van der Waals surface area contributed by atoms with E-state index in [-0.39, 0.29) is 37.5 Å². The molecule has 0 saturated heterocycles. The quantitative estimate of drug-likeness (QED) is 0.0262. The second-order valence-corrected chi connectivity index (χ2v) is 16.7. The zero-order valence-electron chi connectivity index (χ0n) is 42.1. The van der Waals surface area contributed by atoms with Crippen LogP contribution in [0.1, 0.15) is 207 Å². The number of rotatable bonds is 45. The molecule has 0 aliphatic rings. The van der Waals surface area contributed by atoms with E-state index in [1.807, 2.05) is 0 Å². The summed E-state index contributed by atoms with van der Waals surface area (Å²) in [5, 5.41) is 0. The first-order valence-corrected chi connectivity index (χ1v) is 26.2. The molecule has 0 aromatic heterocycles. The van der Waals surface area contributed by atoms with Crippen LogP contribution in [0.4, 0.5) is 0 Å². The zero-order valence-corrected chi connectivity index (χ0v) is 42.1. The van der Waals surface area contributed by atoms with Gasteiger partial charge in [-0.05, 0) is 116 Å². The van der Waals surface area contributed by atoms with Crippen LogP contribution in [0, 0.1) is 0 Å². The van der Waals surface area contributed by atoms with Gasteiger partial charge in [0.2, 0.25) is 0 Å². The minimum atomic E-state index is -0.812. The van der Waals surface area contributed by atoms with Gasteiger partial charge in [-0.15, -0.1) is 0 Å². The van der Waals surface area contributed by atoms with Crippen molar-refractivity contribution in [3.63, 3.8) is 0 Å². The van der Waals surface area contributed by atoms with E-state index >= 15 is 0 Å². The van der Waals surface area contributed by atoms with Gasteiger partial charge < -0.3 is 14.2 Å². The molecule has 6 nitrogen and oxygen atoms in total. The lowest BCUT2D eigenvalue weighted by atomic mass is 10.1. The van der Waals surface area contributed by atoms with Gasteiger partial charge in [0, 0.05) is 19.3 Å². The lowest BCUT2D eigenvalue weighted by Gasteiger charge is -2.18. The molecule has 0 radical (unpaired) electrons. The molecule has 0 saturated carbocycles. The first-order chi connectivity index (χ1) is 32.5. The Morgan fingerprint density at radius 1 is 0.318 bits per heavy atom. The SMILES string of the molecule is CC/C=C\C/C=C\C/C=C\C/C=C\C/C=C\C/C=C\C/C=C\C/C=C\CCCCC(=O)OCC(COC(=O)CCCCCCCCCC)OC(=O)CCCCC/C=C\C/C=C\C/C=C\CC. The van der Waals surface area contributed by atoms with Gasteiger partial charge in [-0.2, -0.15) is 0 Å². The van der Waals surface area contributed by atoms with E-state index < -0.39 is 6.10 Å². The molecule has 6 heteroatoms. The van der Waals surface area contributed by atoms with Crippen molar-refractivity contribution in [2.45, 2.75) is 213 Å². The second kappa shape index (κ2) is 53.2. The molecule has 0 aliphatic heterocycles. The highest BCUT2D eigenvalue weighted by Gasteiger charge is 2.19. The molecule has 66 heavy (non-hydrogen) atoms. The molecular formula is C60H94O6. The van der Waals surface area contributed by atoms with Gasteiger partial charge in [-0.3, -0.25) is 14.4 Å². The normalized spacial score (nSPS) is 13.2. The van der Waals surface area contributed by atoms with Gasteiger partial charge in [0.15, 0.2) is 6.10 Å². The van der Waals surface area contributed by atoms with E-state index in [0.717, 1.165) is 128 Å². The van der Waals surface area contributed by atoms with Gasteiger partial charge in [0.25, 0.3) is 0 Å². The van der Waals surface area contributed by atoms with Gasteiger partial charge in [0.05, 0.1) is 0 Å². The minimum Gasteiger partial charge on any atom is -0.462 e. The summed E-state index contributed by atoms with van der Waals surface area (Å²) in [5.74, 6) is -0.999. The summed E-state index contributed by atoms with van der Waals surface area (Å²) in [4.78, 5) is 37.8. The molecule has 0 spiro atoms. The predicted octanol–water partition coefficient (Wildman–Crippen LogP) is 17.5.